The maximum atomic E-state index is 6.32. The van der Waals surface area contributed by atoms with E-state index in [4.69, 9.17) is 17.7 Å². The molecule has 20 aromatic carbocycles. The summed E-state index contributed by atoms with van der Waals surface area (Å²) in [7, 11) is 0. The summed E-state index contributed by atoms with van der Waals surface area (Å²) in [6.45, 7) is 16.3. The molecule has 0 unspecified atom stereocenters. The number of thiophene rings is 1. The number of para-hydroxylation sites is 6. The Bertz CT molecular complexity index is 9990. The van der Waals surface area contributed by atoms with Gasteiger partial charge in [0.2, 0.25) is 0 Å². The lowest BCUT2D eigenvalue weighted by Crippen LogP contribution is -2.15. The molecule has 2 aliphatic carbocycles. The Morgan fingerprint density at radius 1 is 0.221 bits per heavy atom. The van der Waals surface area contributed by atoms with E-state index in [1.807, 2.05) is 53.8 Å². The van der Waals surface area contributed by atoms with E-state index >= 15 is 0 Å². The van der Waals surface area contributed by atoms with Crippen LogP contribution in [0.2, 0.25) is 0 Å². The summed E-state index contributed by atoms with van der Waals surface area (Å²) in [5.41, 5.74) is 37.6. The van der Waals surface area contributed by atoms with Crippen LogP contribution in [0.1, 0.15) is 76.3 Å². The number of hydrogen-bond acceptors (Lipinski definition) is 5. The Labute approximate surface area is 786 Å². The van der Waals surface area contributed by atoms with Gasteiger partial charge in [0.25, 0.3) is 0 Å². The molecule has 2 aliphatic rings. The van der Waals surface area contributed by atoms with E-state index in [-0.39, 0.29) is 16.2 Å². The molecule has 8 heteroatoms. The maximum Gasteiger partial charge on any atom is 0.136 e. The van der Waals surface area contributed by atoms with Crippen LogP contribution in [0, 0.1) is 0 Å². The zero-order chi connectivity index (χ0) is 90.5. The normalized spacial score (nSPS) is 13.4. The van der Waals surface area contributed by atoms with Gasteiger partial charge in [-0.1, -0.05) is 297 Å². The molecule has 644 valence electrons. The second kappa shape index (κ2) is 29.0. The smallest absolute Gasteiger partial charge is 0.136 e. The van der Waals surface area contributed by atoms with Gasteiger partial charge < -0.3 is 31.4 Å². The third-order valence-electron chi connectivity index (χ3n) is 30.0. The van der Waals surface area contributed by atoms with Gasteiger partial charge >= 0.3 is 0 Å². The highest BCUT2D eigenvalue weighted by Crippen LogP contribution is 2.56. The lowest BCUT2D eigenvalue weighted by molar-refractivity contribution is 0.591. The summed E-state index contributed by atoms with van der Waals surface area (Å²) in [6, 6.07) is 146. The van der Waals surface area contributed by atoms with Gasteiger partial charge in [-0.25, -0.2) is 0 Å². The standard InChI is InChI=1S/C45H29NOS.C43H29NO.C40H29NO2/c1-45(2)37-21-19-27(46-39-15-6-3-10-30(39)35-25-42-36(24-40(35)46)31-11-4-7-16-41(31)47-42)23-34(37)29-20-18-26(22-38(29)45)28-13-9-14-33-32-12-5-8-17-43(32)48-44(28)33;1-43(2)36-21-18-28(23-35(36)42-30-10-4-3-9-27(30)17-22-37(42)43)26-15-19-29(20-16-26)44-38-13-7-5-11-31(38)33-25-41-34(24-39(33)44)32-12-6-8-14-40(32)45-41;1-40(2,3)26-15-18-34-30(21-26)31-23-39-33(29-9-5-7-11-37(29)43-39)22-35(31)41(34)27-16-12-24(13-17-27)25-14-19-38-32(20-25)28-8-4-6-10-36(28)42-38/h3-25H,1-2H3;3-25H,1-2H3;4-23H,1-3H3. The molecule has 0 bridgehead atoms. The van der Waals surface area contributed by atoms with Crippen molar-refractivity contribution >= 4 is 195 Å². The topological polar surface area (TPSA) is 67.3 Å². The summed E-state index contributed by atoms with van der Waals surface area (Å²) < 4.78 is 34.9. The quantitative estimate of drug-likeness (QED) is 0.166. The van der Waals surface area contributed by atoms with E-state index in [9.17, 15) is 0 Å². The van der Waals surface area contributed by atoms with Crippen LogP contribution in [0.3, 0.4) is 0 Å². The predicted octanol–water partition coefficient (Wildman–Crippen LogP) is 36.4. The molecule has 30 rings (SSSR count). The molecule has 0 aliphatic heterocycles. The monoisotopic (exact) mass is 1760 g/mol. The number of hydrogen-bond donors (Lipinski definition) is 0. The maximum absolute atomic E-state index is 6.32. The molecular formula is C128H87N3O4S. The molecule has 8 aromatic heterocycles. The third-order valence-corrected chi connectivity index (χ3v) is 31.2. The van der Waals surface area contributed by atoms with Crippen molar-refractivity contribution in [3.8, 4) is 72.7 Å². The fourth-order valence-corrected chi connectivity index (χ4v) is 24.4. The molecule has 0 atom stereocenters. The molecule has 136 heavy (non-hydrogen) atoms. The van der Waals surface area contributed by atoms with Gasteiger partial charge in [0, 0.05) is 123 Å². The summed E-state index contributed by atoms with van der Waals surface area (Å²) in [5.74, 6) is 0. The average Bonchev–Trinajstić information content (AvgIpc) is 1.55. The first-order chi connectivity index (χ1) is 66.5. The van der Waals surface area contributed by atoms with Gasteiger partial charge in [0.05, 0.1) is 33.1 Å². The van der Waals surface area contributed by atoms with E-state index in [1.54, 1.807) is 0 Å². The van der Waals surface area contributed by atoms with Gasteiger partial charge in [0.15, 0.2) is 0 Å². The zero-order valence-corrected chi connectivity index (χ0v) is 76.8. The molecule has 0 amide bonds. The highest BCUT2D eigenvalue weighted by Gasteiger charge is 2.39. The Kier molecular flexibility index (Phi) is 16.7. The third kappa shape index (κ3) is 11.7. The van der Waals surface area contributed by atoms with Crippen molar-refractivity contribution in [1.82, 2.24) is 13.7 Å². The van der Waals surface area contributed by atoms with Crippen LogP contribution in [0.5, 0.6) is 0 Å². The molecule has 0 spiro atoms. The van der Waals surface area contributed by atoms with Crippen LogP contribution < -0.4 is 0 Å². The van der Waals surface area contributed by atoms with Gasteiger partial charge in [-0.3, -0.25) is 0 Å². The van der Waals surface area contributed by atoms with Crippen LogP contribution in [-0.2, 0) is 16.2 Å². The van der Waals surface area contributed by atoms with E-state index < -0.39 is 0 Å². The Morgan fingerprint density at radius 2 is 0.632 bits per heavy atom. The number of rotatable bonds is 6. The van der Waals surface area contributed by atoms with E-state index in [2.05, 4.69) is 420 Å². The molecule has 7 nitrogen and oxygen atoms in total. The predicted molar refractivity (Wildman–Crippen MR) is 572 cm³/mol. The summed E-state index contributed by atoms with van der Waals surface area (Å²) in [4.78, 5) is 0. The van der Waals surface area contributed by atoms with Crippen molar-refractivity contribution < 1.29 is 17.7 Å². The van der Waals surface area contributed by atoms with Crippen LogP contribution in [0.15, 0.2) is 418 Å². The SMILES string of the molecule is CC(C)(C)c1ccc2c(c1)c1cc3oc4ccccc4c3cc1n2-c1ccc(-c2ccc3oc4ccccc4c3c2)cc1.CC1(C)c2ccc(-c3ccc(-n4c5ccccc5c5cc6oc7ccccc7c6cc54)cc3)cc2-c2c1ccc1ccccc21.CC1(C)c2ccc(-n3c4ccccc4c4cc5oc6ccccc6c5cc43)cc2-c2ccc(-c3cccc4c3sc3ccccc34)cc21. The van der Waals surface area contributed by atoms with Gasteiger partial charge in [-0.05, 0) is 251 Å². The minimum absolute atomic E-state index is 0.0284. The molecular weight excluding hydrogens is 1680 g/mol. The van der Waals surface area contributed by atoms with Gasteiger partial charge in [-0.2, -0.15) is 0 Å². The average molecular weight is 1760 g/mol. The summed E-state index contributed by atoms with van der Waals surface area (Å²) >= 11 is 1.90. The van der Waals surface area contributed by atoms with Crippen molar-refractivity contribution in [1.29, 1.82) is 0 Å². The highest BCUT2D eigenvalue weighted by molar-refractivity contribution is 7.26. The van der Waals surface area contributed by atoms with Crippen LogP contribution in [-0.4, -0.2) is 13.7 Å². The second-order valence-electron chi connectivity index (χ2n) is 39.3. The molecule has 0 fully saturated rings. The molecule has 0 saturated carbocycles. The minimum atomic E-state index is -0.115. The van der Waals surface area contributed by atoms with Crippen molar-refractivity contribution in [2.75, 3.05) is 0 Å². The zero-order valence-electron chi connectivity index (χ0n) is 76.0. The Hall–Kier alpha value is -16.5. The van der Waals surface area contributed by atoms with Crippen molar-refractivity contribution in [3.63, 3.8) is 0 Å². The molecule has 28 aromatic rings. The number of fused-ring (bicyclic) bond motifs is 32. The molecule has 0 N–H and O–H groups in total. The van der Waals surface area contributed by atoms with Crippen molar-refractivity contribution in [3.05, 3.63) is 428 Å². The number of aromatic nitrogens is 3. The number of benzene rings is 20. The lowest BCUT2D eigenvalue weighted by atomic mass is 9.81. The largest absolute Gasteiger partial charge is 0.456 e. The number of nitrogens with zero attached hydrogens (tertiary/aromatic N) is 3. The molecule has 0 radical (unpaired) electrons. The van der Waals surface area contributed by atoms with E-state index in [1.165, 1.54) is 186 Å². The van der Waals surface area contributed by atoms with Crippen LogP contribution in [0.25, 0.3) is 257 Å². The first-order valence-corrected chi connectivity index (χ1v) is 47.9. The van der Waals surface area contributed by atoms with Gasteiger partial charge in [0.1, 0.15) is 44.7 Å². The Morgan fingerprint density at radius 3 is 1.21 bits per heavy atom. The first kappa shape index (κ1) is 78.2. The second-order valence-corrected chi connectivity index (χ2v) is 40.4. The summed E-state index contributed by atoms with van der Waals surface area (Å²) in [5, 5.41) is 21.8. The van der Waals surface area contributed by atoms with Crippen LogP contribution in [0.4, 0.5) is 0 Å². The first-order valence-electron chi connectivity index (χ1n) is 47.1. The van der Waals surface area contributed by atoms with E-state index in [0.717, 1.165) is 99.1 Å². The molecule has 0 saturated heterocycles. The lowest BCUT2D eigenvalue weighted by Gasteiger charge is -2.22. The fraction of sp³-hybridized carbons (Fsp3) is 0.0781. The van der Waals surface area contributed by atoms with E-state index in [0.29, 0.717) is 0 Å². The molecule has 8 heterocycles. The van der Waals surface area contributed by atoms with Crippen molar-refractivity contribution in [2.45, 2.75) is 64.7 Å². The fourth-order valence-electron chi connectivity index (χ4n) is 23.1. The highest BCUT2D eigenvalue weighted by atomic mass is 32.1. The van der Waals surface area contributed by atoms with Crippen LogP contribution >= 0.6 is 11.3 Å². The Balaban J connectivity index is 0.000000101. The number of furan rings is 4. The van der Waals surface area contributed by atoms with Gasteiger partial charge in [-0.15, -0.1) is 11.3 Å². The van der Waals surface area contributed by atoms with Crippen molar-refractivity contribution in [2.24, 2.45) is 0 Å². The summed E-state index contributed by atoms with van der Waals surface area (Å²) in [6.07, 6.45) is 0. The minimum Gasteiger partial charge on any atom is -0.456 e.